The summed E-state index contributed by atoms with van der Waals surface area (Å²) in [5, 5.41) is 3.01. The Morgan fingerprint density at radius 3 is 2.17 bits per heavy atom. The third kappa shape index (κ3) is 8.75. The summed E-state index contributed by atoms with van der Waals surface area (Å²) in [7, 11) is 0. The maximum Gasteiger partial charge on any atom is 0.222 e. The standard InChI is InChI=1S/C23H38N2O4/c1-6-15-25(16-7-2)23(27)12-10-11-22(26)24-18(5)19-13-14-20(28-8-3)21(17-19)29-9-4/h13-14,17-18H,6-12,15-16H2,1-5H3,(H,24,26). The third-order valence-electron chi connectivity index (χ3n) is 4.58. The molecule has 0 aliphatic heterocycles. The van der Waals surface area contributed by atoms with Crippen molar-refractivity contribution < 1.29 is 19.1 Å². The number of ether oxygens (including phenoxy) is 2. The molecule has 0 saturated heterocycles. The third-order valence-corrected chi connectivity index (χ3v) is 4.58. The van der Waals surface area contributed by atoms with Crippen LogP contribution in [0.25, 0.3) is 0 Å². The van der Waals surface area contributed by atoms with E-state index in [9.17, 15) is 9.59 Å². The Labute approximate surface area is 175 Å². The smallest absolute Gasteiger partial charge is 0.222 e. The first kappa shape index (κ1) is 24.8. The summed E-state index contributed by atoms with van der Waals surface area (Å²) in [6, 6.07) is 5.58. The van der Waals surface area contributed by atoms with Gasteiger partial charge in [-0.1, -0.05) is 19.9 Å². The minimum atomic E-state index is -0.148. The molecule has 1 rings (SSSR count). The van der Waals surface area contributed by atoms with Crippen LogP contribution in [0.4, 0.5) is 0 Å². The number of nitrogens with one attached hydrogen (secondary N) is 1. The van der Waals surface area contributed by atoms with Gasteiger partial charge in [-0.25, -0.2) is 0 Å². The predicted octanol–water partition coefficient (Wildman–Crippen LogP) is 4.48. The van der Waals surface area contributed by atoms with Gasteiger partial charge in [-0.2, -0.15) is 0 Å². The molecule has 0 heterocycles. The molecule has 0 bridgehead atoms. The van der Waals surface area contributed by atoms with Crippen LogP contribution in [0.3, 0.4) is 0 Å². The molecule has 6 heteroatoms. The Balaban J connectivity index is 2.55. The molecular weight excluding hydrogens is 368 g/mol. The number of hydrogen-bond acceptors (Lipinski definition) is 4. The van der Waals surface area contributed by atoms with Crippen LogP contribution >= 0.6 is 0 Å². The second kappa shape index (κ2) is 13.9. The quantitative estimate of drug-likeness (QED) is 0.495. The molecule has 164 valence electrons. The zero-order valence-corrected chi connectivity index (χ0v) is 18.8. The average Bonchev–Trinajstić information content (AvgIpc) is 2.69. The maximum atomic E-state index is 12.3. The van der Waals surface area contributed by atoms with Crippen LogP contribution in [0.15, 0.2) is 18.2 Å². The van der Waals surface area contributed by atoms with Gasteiger partial charge in [-0.3, -0.25) is 9.59 Å². The summed E-state index contributed by atoms with van der Waals surface area (Å²) < 4.78 is 11.2. The lowest BCUT2D eigenvalue weighted by molar-refractivity contribution is -0.131. The molecule has 0 aliphatic rings. The SMILES string of the molecule is CCCN(CCC)C(=O)CCCC(=O)NC(C)c1ccc(OCC)c(OCC)c1. The van der Waals surface area contributed by atoms with E-state index in [4.69, 9.17) is 9.47 Å². The molecule has 1 atom stereocenters. The van der Waals surface area contributed by atoms with Crippen LogP contribution in [0, 0.1) is 0 Å². The van der Waals surface area contributed by atoms with Gasteiger partial charge in [0, 0.05) is 25.9 Å². The maximum absolute atomic E-state index is 12.3. The Hall–Kier alpha value is -2.24. The van der Waals surface area contributed by atoms with Crippen LogP contribution in [-0.4, -0.2) is 43.0 Å². The van der Waals surface area contributed by atoms with Gasteiger partial charge in [0.05, 0.1) is 19.3 Å². The van der Waals surface area contributed by atoms with Gasteiger partial charge in [-0.15, -0.1) is 0 Å². The summed E-state index contributed by atoms with van der Waals surface area (Å²) in [6.07, 6.45) is 3.23. The fourth-order valence-electron chi connectivity index (χ4n) is 3.19. The molecule has 2 amide bonds. The molecule has 29 heavy (non-hydrogen) atoms. The van der Waals surface area contributed by atoms with Gasteiger partial charge in [0.2, 0.25) is 11.8 Å². The van der Waals surface area contributed by atoms with Gasteiger partial charge in [0.25, 0.3) is 0 Å². The topological polar surface area (TPSA) is 67.9 Å². The van der Waals surface area contributed by atoms with Crippen molar-refractivity contribution in [3.05, 3.63) is 23.8 Å². The van der Waals surface area contributed by atoms with Crippen LogP contribution in [0.2, 0.25) is 0 Å². The highest BCUT2D eigenvalue weighted by atomic mass is 16.5. The largest absolute Gasteiger partial charge is 0.490 e. The number of benzene rings is 1. The highest BCUT2D eigenvalue weighted by molar-refractivity contribution is 5.79. The number of hydrogen-bond donors (Lipinski definition) is 1. The molecule has 0 aromatic heterocycles. The molecule has 6 nitrogen and oxygen atoms in total. The number of carbonyl (C=O) groups is 2. The van der Waals surface area contributed by atoms with Gasteiger partial charge < -0.3 is 19.7 Å². The van der Waals surface area contributed by atoms with Gasteiger partial charge in [0.1, 0.15) is 0 Å². The normalized spacial score (nSPS) is 11.6. The van der Waals surface area contributed by atoms with Crippen molar-refractivity contribution in [2.24, 2.45) is 0 Å². The second-order valence-corrected chi connectivity index (χ2v) is 7.10. The first-order chi connectivity index (χ1) is 14.0. The molecule has 0 fully saturated rings. The van der Waals surface area contributed by atoms with E-state index in [1.165, 1.54) is 0 Å². The van der Waals surface area contributed by atoms with Crippen molar-refractivity contribution in [1.82, 2.24) is 10.2 Å². The molecule has 0 saturated carbocycles. The van der Waals surface area contributed by atoms with Crippen LogP contribution in [-0.2, 0) is 9.59 Å². The number of rotatable bonds is 14. The monoisotopic (exact) mass is 406 g/mol. The van der Waals surface area contributed by atoms with Crippen molar-refractivity contribution in [3.8, 4) is 11.5 Å². The van der Waals surface area contributed by atoms with E-state index in [0.717, 1.165) is 31.5 Å². The molecule has 1 aromatic carbocycles. The zero-order chi connectivity index (χ0) is 21.6. The van der Waals surface area contributed by atoms with E-state index in [-0.39, 0.29) is 17.9 Å². The summed E-state index contributed by atoms with van der Waals surface area (Å²) in [5.41, 5.74) is 0.957. The Bertz CT molecular complexity index is 627. The first-order valence-corrected chi connectivity index (χ1v) is 10.9. The minimum absolute atomic E-state index is 0.0466. The van der Waals surface area contributed by atoms with Crippen molar-refractivity contribution in [2.45, 2.75) is 72.8 Å². The van der Waals surface area contributed by atoms with Gasteiger partial charge in [0.15, 0.2) is 11.5 Å². The number of carbonyl (C=O) groups excluding carboxylic acids is 2. The van der Waals surface area contributed by atoms with E-state index < -0.39 is 0 Å². The summed E-state index contributed by atoms with van der Waals surface area (Å²) in [6.45, 7) is 12.6. The van der Waals surface area contributed by atoms with E-state index in [0.29, 0.717) is 44.0 Å². The van der Waals surface area contributed by atoms with Crippen LogP contribution in [0.1, 0.15) is 78.3 Å². The predicted molar refractivity (Wildman–Crippen MR) is 116 cm³/mol. The Morgan fingerprint density at radius 2 is 1.59 bits per heavy atom. The molecule has 1 N–H and O–H groups in total. The fourth-order valence-corrected chi connectivity index (χ4v) is 3.19. The summed E-state index contributed by atoms with van der Waals surface area (Å²) in [5.74, 6) is 1.49. The molecule has 1 unspecified atom stereocenters. The molecule has 0 spiro atoms. The Kier molecular flexibility index (Phi) is 11.8. The zero-order valence-electron chi connectivity index (χ0n) is 18.8. The van der Waals surface area contributed by atoms with E-state index in [1.54, 1.807) is 0 Å². The highest BCUT2D eigenvalue weighted by Crippen LogP contribution is 2.30. The minimum Gasteiger partial charge on any atom is -0.490 e. The van der Waals surface area contributed by atoms with Crippen molar-refractivity contribution in [1.29, 1.82) is 0 Å². The van der Waals surface area contributed by atoms with Crippen LogP contribution < -0.4 is 14.8 Å². The molecule has 1 aromatic rings. The lowest BCUT2D eigenvalue weighted by Crippen LogP contribution is -2.32. The van der Waals surface area contributed by atoms with E-state index in [2.05, 4.69) is 19.2 Å². The van der Waals surface area contributed by atoms with Crippen molar-refractivity contribution in [3.63, 3.8) is 0 Å². The summed E-state index contributed by atoms with van der Waals surface area (Å²) >= 11 is 0. The number of nitrogens with zero attached hydrogens (tertiary/aromatic N) is 1. The second-order valence-electron chi connectivity index (χ2n) is 7.10. The van der Waals surface area contributed by atoms with E-state index >= 15 is 0 Å². The van der Waals surface area contributed by atoms with Gasteiger partial charge >= 0.3 is 0 Å². The van der Waals surface area contributed by atoms with Crippen molar-refractivity contribution >= 4 is 11.8 Å². The fraction of sp³-hybridized carbons (Fsp3) is 0.652. The lowest BCUT2D eigenvalue weighted by Gasteiger charge is -2.21. The molecule has 0 radical (unpaired) electrons. The van der Waals surface area contributed by atoms with E-state index in [1.807, 2.05) is 43.9 Å². The molecule has 0 aliphatic carbocycles. The molecular formula is C23H38N2O4. The average molecular weight is 407 g/mol. The summed E-state index contributed by atoms with van der Waals surface area (Å²) in [4.78, 5) is 26.5. The first-order valence-electron chi connectivity index (χ1n) is 10.9. The van der Waals surface area contributed by atoms with Crippen molar-refractivity contribution in [2.75, 3.05) is 26.3 Å². The van der Waals surface area contributed by atoms with Crippen LogP contribution in [0.5, 0.6) is 11.5 Å². The number of amides is 2. The lowest BCUT2D eigenvalue weighted by atomic mass is 10.1. The Morgan fingerprint density at radius 1 is 0.966 bits per heavy atom. The highest BCUT2D eigenvalue weighted by Gasteiger charge is 2.15. The van der Waals surface area contributed by atoms with Gasteiger partial charge in [-0.05, 0) is 57.7 Å².